The normalized spacial score (nSPS) is 25.7. The van der Waals surface area contributed by atoms with Gasteiger partial charge in [-0.2, -0.15) is 13.2 Å². The van der Waals surface area contributed by atoms with Crippen LogP contribution in [0.15, 0.2) is 24.3 Å². The number of fused-ring (bicyclic) bond motifs is 2. The van der Waals surface area contributed by atoms with Crippen molar-refractivity contribution in [2.45, 2.75) is 81.2 Å². The van der Waals surface area contributed by atoms with Gasteiger partial charge in [0.2, 0.25) is 11.8 Å². The third-order valence-electron chi connectivity index (χ3n) is 8.47. The van der Waals surface area contributed by atoms with Gasteiger partial charge in [0.15, 0.2) is 0 Å². The fourth-order valence-electron chi connectivity index (χ4n) is 5.89. The molecule has 1 saturated heterocycles. The maximum atomic E-state index is 13.9. The fourth-order valence-corrected chi connectivity index (χ4v) is 5.89. The van der Waals surface area contributed by atoms with Gasteiger partial charge >= 0.3 is 18.2 Å². The highest BCUT2D eigenvalue weighted by Gasteiger charge is 2.60. The molecule has 2 heterocycles. The van der Waals surface area contributed by atoms with Crippen LogP contribution in [-0.4, -0.2) is 59.5 Å². The molecule has 3 fully saturated rings. The number of amides is 4. The van der Waals surface area contributed by atoms with Gasteiger partial charge in [-0.05, 0) is 36.3 Å². The van der Waals surface area contributed by atoms with E-state index in [4.69, 9.17) is 6.57 Å². The Kier molecular flexibility index (Phi) is 7.03. The smallest absolute Gasteiger partial charge is 0.342 e. The summed E-state index contributed by atoms with van der Waals surface area (Å²) in [7, 11) is 0. The van der Waals surface area contributed by atoms with Gasteiger partial charge in [0.05, 0.1) is 6.42 Å². The second-order valence-corrected chi connectivity index (χ2v) is 11.2. The van der Waals surface area contributed by atoms with Crippen LogP contribution in [0.4, 0.5) is 18.9 Å². The number of benzene rings is 1. The number of halogens is 3. The Hall–Kier alpha value is -3.62. The lowest BCUT2D eigenvalue weighted by Gasteiger charge is -2.31. The average Bonchev–Trinajstić information content (AvgIpc) is 3.53. The minimum atomic E-state index is -5.14. The van der Waals surface area contributed by atoms with Gasteiger partial charge < -0.3 is 16.0 Å². The highest BCUT2D eigenvalue weighted by molar-refractivity contribution is 6.07. The number of rotatable bonds is 8. The summed E-state index contributed by atoms with van der Waals surface area (Å²) in [6, 6.07) is 4.69. The summed E-state index contributed by atoms with van der Waals surface area (Å²) in [5.41, 5.74) is 0.327. The molecule has 4 amide bonds. The molecule has 208 valence electrons. The minimum absolute atomic E-state index is 0.00655. The summed E-state index contributed by atoms with van der Waals surface area (Å²) < 4.78 is 39.0. The summed E-state index contributed by atoms with van der Waals surface area (Å²) in [5.74, 6) is -3.61. The molecule has 1 aromatic carbocycles. The number of likely N-dealkylation sites (tertiary alicyclic amines) is 1. The van der Waals surface area contributed by atoms with Gasteiger partial charge in [-0.1, -0.05) is 55.1 Å². The van der Waals surface area contributed by atoms with Crippen LogP contribution in [0.2, 0.25) is 0 Å². The second-order valence-electron chi connectivity index (χ2n) is 11.2. The average molecular weight is 547 g/mol. The quantitative estimate of drug-likeness (QED) is 0.466. The molecule has 4 atom stereocenters. The monoisotopic (exact) mass is 546 g/mol. The van der Waals surface area contributed by atoms with Crippen LogP contribution < -0.4 is 16.0 Å². The molecule has 2 aliphatic heterocycles. The Labute approximate surface area is 223 Å². The van der Waals surface area contributed by atoms with Crippen LogP contribution in [0.1, 0.15) is 56.9 Å². The number of nitrogens with one attached hydrogen (secondary N) is 3. The van der Waals surface area contributed by atoms with Crippen molar-refractivity contribution in [3.8, 4) is 6.57 Å². The third kappa shape index (κ3) is 5.31. The lowest BCUT2D eigenvalue weighted by atomic mass is 9.80. The number of hydrogen-bond donors (Lipinski definition) is 3. The van der Waals surface area contributed by atoms with Crippen LogP contribution in [0.5, 0.6) is 0 Å². The van der Waals surface area contributed by atoms with Crippen molar-refractivity contribution in [2.75, 3.05) is 11.9 Å². The Bertz CT molecular complexity index is 1220. The molecule has 0 aromatic heterocycles. The summed E-state index contributed by atoms with van der Waals surface area (Å²) in [6.07, 6.45) is -1.31. The van der Waals surface area contributed by atoms with Gasteiger partial charge in [0.25, 0.3) is 12.5 Å². The maximum absolute atomic E-state index is 13.9. The molecule has 9 nitrogen and oxygen atoms in total. The predicted octanol–water partition coefficient (Wildman–Crippen LogP) is 2.92. The molecule has 5 rings (SSSR count). The molecular weight excluding hydrogens is 515 g/mol. The molecule has 4 aliphatic rings. The van der Waals surface area contributed by atoms with Crippen molar-refractivity contribution >= 4 is 29.3 Å². The molecule has 1 spiro atoms. The molecule has 1 unspecified atom stereocenters. The van der Waals surface area contributed by atoms with E-state index in [1.165, 1.54) is 4.90 Å². The maximum Gasteiger partial charge on any atom is 0.471 e. The third-order valence-corrected chi connectivity index (χ3v) is 8.47. The molecule has 12 heteroatoms. The van der Waals surface area contributed by atoms with Crippen LogP contribution >= 0.6 is 0 Å². The predicted molar refractivity (Wildman–Crippen MR) is 134 cm³/mol. The SMILES string of the molecule is C#[N+][C@@H]1C[C@@]2(CN1C(=O)[C@H](CC1CC1)NC(=O)C(CC1CCC1)NC(=O)C(F)(F)F)C(=O)Nc1ccccc12. The first-order chi connectivity index (χ1) is 18.5. The molecule has 2 saturated carbocycles. The zero-order valence-corrected chi connectivity index (χ0v) is 21.3. The van der Waals surface area contributed by atoms with E-state index in [1.807, 2.05) is 11.4 Å². The number of anilines is 1. The van der Waals surface area contributed by atoms with Crippen molar-refractivity contribution in [2.24, 2.45) is 11.8 Å². The zero-order chi connectivity index (χ0) is 27.9. The lowest BCUT2D eigenvalue weighted by molar-refractivity contribution is -0.175. The van der Waals surface area contributed by atoms with E-state index < -0.39 is 47.6 Å². The van der Waals surface area contributed by atoms with Gasteiger partial charge in [0.1, 0.15) is 17.5 Å². The van der Waals surface area contributed by atoms with Gasteiger partial charge in [-0.3, -0.25) is 24.1 Å². The van der Waals surface area contributed by atoms with Crippen LogP contribution in [0, 0.1) is 18.4 Å². The van der Waals surface area contributed by atoms with E-state index in [2.05, 4.69) is 15.5 Å². The van der Waals surface area contributed by atoms with Crippen molar-refractivity contribution in [1.29, 1.82) is 0 Å². The largest absolute Gasteiger partial charge is 0.471 e. The Morgan fingerprint density at radius 1 is 1.08 bits per heavy atom. The van der Waals surface area contributed by atoms with E-state index in [9.17, 15) is 32.3 Å². The first kappa shape index (κ1) is 27.0. The van der Waals surface area contributed by atoms with E-state index in [-0.39, 0.29) is 43.6 Å². The van der Waals surface area contributed by atoms with Gasteiger partial charge in [0, 0.05) is 12.2 Å². The standard InChI is InChI=1S/C27H30F3N5O4/c1-31-21-13-26(17-7-2-3-8-18(17)33-24(26)38)14-35(21)23(37)20(12-16-9-10-16)32-22(36)19(11-15-5-4-6-15)34-25(39)27(28,29)30/h1-3,7-8,15-16,19-21H,4-6,9-14H2,(H2-,32,33,34,36,38,39)/p+1/t19?,20-,21-,26-/m0/s1. The molecule has 1 aromatic rings. The summed E-state index contributed by atoms with van der Waals surface area (Å²) in [6.45, 7) is 5.67. The molecule has 0 bridgehead atoms. The number of carbonyl (C=O) groups is 4. The van der Waals surface area contributed by atoms with Crippen molar-refractivity contribution in [3.63, 3.8) is 0 Å². The number of nitrogens with zero attached hydrogens (tertiary/aromatic N) is 2. The molecular formula is C27H31F3N5O4+. The number of carbonyl (C=O) groups excluding carboxylic acids is 4. The molecule has 3 N–H and O–H groups in total. The zero-order valence-electron chi connectivity index (χ0n) is 21.3. The topological polar surface area (TPSA) is 112 Å². The van der Waals surface area contributed by atoms with E-state index >= 15 is 0 Å². The summed E-state index contributed by atoms with van der Waals surface area (Å²) in [5, 5.41) is 7.31. The fraction of sp³-hybridized carbons (Fsp3) is 0.593. The number of hydrogen-bond acceptors (Lipinski definition) is 4. The molecule has 0 radical (unpaired) electrons. The van der Waals surface area contributed by atoms with E-state index in [0.29, 0.717) is 5.69 Å². The van der Waals surface area contributed by atoms with Crippen molar-refractivity contribution in [1.82, 2.24) is 15.5 Å². The van der Waals surface area contributed by atoms with Crippen LogP contribution in [0.25, 0.3) is 4.85 Å². The number of alkyl halides is 3. The van der Waals surface area contributed by atoms with Gasteiger partial charge in [-0.25, -0.2) is 0 Å². The van der Waals surface area contributed by atoms with E-state index in [0.717, 1.165) is 37.7 Å². The summed E-state index contributed by atoms with van der Waals surface area (Å²) in [4.78, 5) is 57.1. The second kappa shape index (κ2) is 10.2. The van der Waals surface area contributed by atoms with Crippen LogP contribution in [-0.2, 0) is 24.6 Å². The molecule has 2 aliphatic carbocycles. The van der Waals surface area contributed by atoms with Crippen molar-refractivity contribution in [3.05, 3.63) is 34.7 Å². The highest BCUT2D eigenvalue weighted by Crippen LogP contribution is 2.47. The van der Waals surface area contributed by atoms with Crippen LogP contribution in [0.3, 0.4) is 0 Å². The Morgan fingerprint density at radius 2 is 1.74 bits per heavy atom. The molecule has 39 heavy (non-hydrogen) atoms. The van der Waals surface area contributed by atoms with E-state index in [1.54, 1.807) is 18.2 Å². The lowest BCUT2D eigenvalue weighted by Crippen LogP contribution is -2.57. The number of para-hydroxylation sites is 1. The highest BCUT2D eigenvalue weighted by atomic mass is 19.4. The Balaban J connectivity index is 1.36. The first-order valence-electron chi connectivity index (χ1n) is 13.3. The van der Waals surface area contributed by atoms with Crippen molar-refractivity contribution < 1.29 is 32.3 Å². The first-order valence-corrected chi connectivity index (χ1v) is 13.3. The summed E-state index contributed by atoms with van der Waals surface area (Å²) >= 11 is 0. The minimum Gasteiger partial charge on any atom is -0.342 e. The van der Waals surface area contributed by atoms with Gasteiger partial charge in [-0.15, -0.1) is 0 Å². The Morgan fingerprint density at radius 3 is 2.36 bits per heavy atom.